The molecule has 0 saturated carbocycles. The number of hydrogen-bond acceptors (Lipinski definition) is 7. The Labute approximate surface area is 184 Å². The number of carbonyl (C=O) groups excluding carboxylic acids is 1. The van der Waals surface area contributed by atoms with Crippen LogP contribution < -0.4 is 10.4 Å². The predicted molar refractivity (Wildman–Crippen MR) is 131 cm³/mol. The molecule has 0 unspecified atom stereocenters. The van der Waals surface area contributed by atoms with Crippen LogP contribution in [-0.4, -0.2) is 35.7 Å². The van der Waals surface area contributed by atoms with E-state index < -0.39 is 0 Å². The Kier molecular flexibility index (Phi) is 11.5. The monoisotopic (exact) mass is 418 g/mol. The van der Waals surface area contributed by atoms with Gasteiger partial charge in [0.15, 0.2) is 0 Å². The zero-order valence-electron chi connectivity index (χ0n) is 18.8. The van der Waals surface area contributed by atoms with E-state index in [9.17, 15) is 0 Å². The normalized spacial score (nSPS) is 9.90. The molecular formula is C24H30N6O. The standard InChI is InChI=1S/C20H20N6.C2H4O.C2H6/c1-15(20-6-4-5-11-24-20)25-26(22-3)19-12-17(13-23-14-19)16-7-9-18(21-2)10-8-16;1-2-3;1-2/h4-14,21H,3H2,1-2H3;2H,1H3;1-2H3/b25-15+;;. The summed E-state index contributed by atoms with van der Waals surface area (Å²) in [7, 11) is 1.90. The Bertz CT molecular complexity index is 955. The smallest absolute Gasteiger partial charge is 0.116 e. The fourth-order valence-electron chi connectivity index (χ4n) is 2.47. The van der Waals surface area contributed by atoms with Gasteiger partial charge in [0, 0.05) is 37.4 Å². The quantitative estimate of drug-likeness (QED) is 0.335. The highest BCUT2D eigenvalue weighted by Gasteiger charge is 2.08. The first-order chi connectivity index (χ1) is 15.1. The second kappa shape index (κ2) is 14.2. The molecule has 31 heavy (non-hydrogen) atoms. The van der Waals surface area contributed by atoms with Gasteiger partial charge in [0.2, 0.25) is 0 Å². The highest BCUT2D eigenvalue weighted by molar-refractivity contribution is 5.97. The van der Waals surface area contributed by atoms with E-state index in [1.807, 2.05) is 82.5 Å². The summed E-state index contributed by atoms with van der Waals surface area (Å²) in [5, 5.41) is 13.1. The molecule has 0 aliphatic carbocycles. The molecule has 0 spiro atoms. The van der Waals surface area contributed by atoms with E-state index in [-0.39, 0.29) is 0 Å². The van der Waals surface area contributed by atoms with Gasteiger partial charge in [-0.15, -0.1) is 0 Å². The highest BCUT2D eigenvalue weighted by atomic mass is 16.1. The minimum absolute atomic E-state index is 0.727. The molecule has 0 saturated heterocycles. The largest absolute Gasteiger partial charge is 0.388 e. The van der Waals surface area contributed by atoms with Gasteiger partial charge in [-0.05, 0) is 49.7 Å². The Hall–Kier alpha value is -3.87. The van der Waals surface area contributed by atoms with Crippen LogP contribution in [0.1, 0.15) is 33.4 Å². The number of anilines is 2. The van der Waals surface area contributed by atoms with Crippen LogP contribution in [0.15, 0.2) is 77.3 Å². The number of aromatic nitrogens is 2. The molecule has 0 fully saturated rings. The number of carbonyl (C=O) groups is 1. The lowest BCUT2D eigenvalue weighted by Gasteiger charge is -2.14. The molecule has 0 atom stereocenters. The minimum Gasteiger partial charge on any atom is -0.388 e. The van der Waals surface area contributed by atoms with E-state index in [4.69, 9.17) is 4.79 Å². The predicted octanol–water partition coefficient (Wildman–Crippen LogP) is 5.26. The lowest BCUT2D eigenvalue weighted by molar-refractivity contribution is -0.106. The lowest BCUT2D eigenvalue weighted by atomic mass is 10.1. The molecule has 0 amide bonds. The third kappa shape index (κ3) is 7.81. The van der Waals surface area contributed by atoms with Crippen LogP contribution in [0.25, 0.3) is 11.1 Å². The summed E-state index contributed by atoms with van der Waals surface area (Å²) < 4.78 is 0. The van der Waals surface area contributed by atoms with Crippen LogP contribution in [0.2, 0.25) is 0 Å². The van der Waals surface area contributed by atoms with Gasteiger partial charge in [0.05, 0.1) is 17.6 Å². The van der Waals surface area contributed by atoms with E-state index in [2.05, 4.69) is 32.2 Å². The number of benzene rings is 1. The van der Waals surface area contributed by atoms with Crippen LogP contribution in [-0.2, 0) is 4.79 Å². The number of nitrogens with one attached hydrogen (secondary N) is 1. The molecule has 162 valence electrons. The highest BCUT2D eigenvalue weighted by Crippen LogP contribution is 2.25. The van der Waals surface area contributed by atoms with Gasteiger partial charge in [-0.2, -0.15) is 15.3 Å². The molecule has 3 aromatic rings. The Balaban J connectivity index is 0.000000884. The van der Waals surface area contributed by atoms with Crippen molar-refractivity contribution < 1.29 is 4.79 Å². The van der Waals surface area contributed by atoms with Gasteiger partial charge in [-0.25, -0.2) is 0 Å². The zero-order chi connectivity index (χ0) is 23.1. The van der Waals surface area contributed by atoms with Crippen LogP contribution in [0.3, 0.4) is 0 Å². The number of rotatable bonds is 6. The van der Waals surface area contributed by atoms with Gasteiger partial charge in [0.25, 0.3) is 0 Å². The molecule has 1 aromatic carbocycles. The number of pyridine rings is 2. The minimum atomic E-state index is 0.727. The maximum absolute atomic E-state index is 8.81. The molecule has 0 radical (unpaired) electrons. The van der Waals surface area contributed by atoms with Crippen LogP contribution in [0.5, 0.6) is 0 Å². The lowest BCUT2D eigenvalue weighted by Crippen LogP contribution is -2.12. The summed E-state index contributed by atoms with van der Waals surface area (Å²) in [6, 6.07) is 15.8. The molecule has 3 rings (SSSR count). The van der Waals surface area contributed by atoms with Crippen molar-refractivity contribution >= 4 is 30.1 Å². The average Bonchev–Trinajstić information content (AvgIpc) is 2.85. The molecule has 7 heteroatoms. The maximum Gasteiger partial charge on any atom is 0.116 e. The van der Waals surface area contributed by atoms with Crippen molar-refractivity contribution in [1.29, 1.82) is 0 Å². The SMILES string of the molecule is C=NN(/N=C(\C)c1ccccn1)c1cncc(-c2ccc(NC)cc2)c1.CC.CC=O. The summed E-state index contributed by atoms with van der Waals surface area (Å²) in [6.45, 7) is 10.9. The van der Waals surface area contributed by atoms with E-state index >= 15 is 0 Å². The molecule has 7 nitrogen and oxygen atoms in total. The summed E-state index contributed by atoms with van der Waals surface area (Å²) in [6.07, 6.45) is 6.00. The summed E-state index contributed by atoms with van der Waals surface area (Å²) >= 11 is 0. The summed E-state index contributed by atoms with van der Waals surface area (Å²) in [4.78, 5) is 17.4. The van der Waals surface area contributed by atoms with E-state index in [1.54, 1.807) is 12.4 Å². The van der Waals surface area contributed by atoms with Crippen molar-refractivity contribution in [1.82, 2.24) is 9.97 Å². The number of hydrogen-bond donors (Lipinski definition) is 1. The molecule has 0 aliphatic heterocycles. The third-order valence-electron chi connectivity index (χ3n) is 3.88. The fourth-order valence-corrected chi connectivity index (χ4v) is 2.47. The van der Waals surface area contributed by atoms with Gasteiger partial charge in [0.1, 0.15) is 12.0 Å². The van der Waals surface area contributed by atoms with Crippen LogP contribution in [0.4, 0.5) is 11.4 Å². The number of hydrazone groups is 2. The van der Waals surface area contributed by atoms with Crippen molar-refractivity contribution in [3.05, 3.63) is 72.8 Å². The van der Waals surface area contributed by atoms with E-state index in [0.29, 0.717) is 0 Å². The van der Waals surface area contributed by atoms with Crippen LogP contribution >= 0.6 is 0 Å². The van der Waals surface area contributed by atoms with Crippen molar-refractivity contribution in [3.8, 4) is 11.1 Å². The van der Waals surface area contributed by atoms with E-state index in [0.717, 1.165) is 40.2 Å². The molecule has 1 N–H and O–H groups in total. The van der Waals surface area contributed by atoms with Gasteiger partial charge in [-0.1, -0.05) is 32.0 Å². The van der Waals surface area contributed by atoms with E-state index in [1.165, 1.54) is 12.0 Å². The number of nitrogens with zero attached hydrogens (tertiary/aromatic N) is 5. The van der Waals surface area contributed by atoms with Crippen molar-refractivity contribution in [2.45, 2.75) is 27.7 Å². The number of aldehydes is 1. The first kappa shape index (κ1) is 25.2. The van der Waals surface area contributed by atoms with Gasteiger partial charge in [-0.3, -0.25) is 9.97 Å². The summed E-state index contributed by atoms with van der Waals surface area (Å²) in [5.74, 6) is 0. The first-order valence-corrected chi connectivity index (χ1v) is 9.99. The molecule has 2 aromatic heterocycles. The van der Waals surface area contributed by atoms with Gasteiger partial charge >= 0.3 is 0 Å². The molecule has 0 bridgehead atoms. The second-order valence-corrected chi connectivity index (χ2v) is 5.83. The summed E-state index contributed by atoms with van der Waals surface area (Å²) in [5.41, 5.74) is 5.35. The average molecular weight is 419 g/mol. The Morgan fingerprint density at radius 3 is 2.32 bits per heavy atom. The van der Waals surface area contributed by atoms with Crippen molar-refractivity contribution in [2.75, 3.05) is 17.5 Å². The fraction of sp³-hybridized carbons (Fsp3) is 0.208. The topological polar surface area (TPSA) is 82.8 Å². The third-order valence-corrected chi connectivity index (χ3v) is 3.88. The molecular weight excluding hydrogens is 388 g/mol. The zero-order valence-corrected chi connectivity index (χ0v) is 18.8. The Morgan fingerprint density at radius 1 is 1.10 bits per heavy atom. The first-order valence-electron chi connectivity index (χ1n) is 9.99. The van der Waals surface area contributed by atoms with Gasteiger partial charge < -0.3 is 10.1 Å². The molecule has 0 aliphatic rings. The second-order valence-electron chi connectivity index (χ2n) is 5.83. The van der Waals surface area contributed by atoms with Crippen molar-refractivity contribution in [2.24, 2.45) is 10.2 Å². The Morgan fingerprint density at radius 2 is 1.77 bits per heavy atom. The maximum atomic E-state index is 8.81. The molecule has 2 heterocycles. The van der Waals surface area contributed by atoms with Crippen molar-refractivity contribution in [3.63, 3.8) is 0 Å². The van der Waals surface area contributed by atoms with Crippen LogP contribution in [0, 0.1) is 0 Å².